The molecule has 1 atom stereocenters. The SMILES string of the molecule is O=C([O-])C1=CC=CC(C(=O)[O-])([N+](=O)[O-])C1. The number of carboxylic acid groups (broad SMARTS) is 2. The lowest BCUT2D eigenvalue weighted by molar-refractivity contribution is -0.553. The summed E-state index contributed by atoms with van der Waals surface area (Å²) in [6, 6.07) is 0. The minimum absolute atomic E-state index is 0.446. The van der Waals surface area contributed by atoms with Gasteiger partial charge in [-0.25, -0.2) is 0 Å². The van der Waals surface area contributed by atoms with Crippen LogP contribution in [0, 0.1) is 10.1 Å². The van der Waals surface area contributed by atoms with E-state index in [2.05, 4.69) is 0 Å². The van der Waals surface area contributed by atoms with Crippen molar-refractivity contribution in [2.24, 2.45) is 0 Å². The van der Waals surface area contributed by atoms with Crippen LogP contribution in [0.15, 0.2) is 23.8 Å². The van der Waals surface area contributed by atoms with E-state index in [1.54, 1.807) is 0 Å². The lowest BCUT2D eigenvalue weighted by atomic mass is 9.87. The van der Waals surface area contributed by atoms with Gasteiger partial charge in [-0.05, 0) is 11.6 Å². The molecule has 0 heterocycles. The molecule has 0 aromatic carbocycles. The maximum absolute atomic E-state index is 10.6. The third kappa shape index (κ3) is 1.71. The maximum Gasteiger partial charge on any atom is 0.283 e. The molecule has 0 saturated heterocycles. The molecule has 7 heteroatoms. The molecule has 1 aliphatic rings. The van der Waals surface area contributed by atoms with Crippen molar-refractivity contribution in [2.45, 2.75) is 12.0 Å². The van der Waals surface area contributed by atoms with Crippen LogP contribution in [0.2, 0.25) is 0 Å². The highest BCUT2D eigenvalue weighted by molar-refractivity contribution is 5.89. The lowest BCUT2D eigenvalue weighted by Crippen LogP contribution is -2.54. The van der Waals surface area contributed by atoms with Gasteiger partial charge >= 0.3 is 0 Å². The first kappa shape index (κ1) is 10.9. The summed E-state index contributed by atoms with van der Waals surface area (Å²) < 4.78 is 0. The predicted molar refractivity (Wildman–Crippen MR) is 41.6 cm³/mol. The van der Waals surface area contributed by atoms with Gasteiger partial charge in [-0.1, -0.05) is 12.2 Å². The fraction of sp³-hybridized carbons (Fsp3) is 0.250. The molecule has 0 N–H and O–H groups in total. The highest BCUT2D eigenvalue weighted by atomic mass is 16.6. The molecule has 0 aliphatic heterocycles. The molecule has 7 nitrogen and oxygen atoms in total. The van der Waals surface area contributed by atoms with Crippen LogP contribution in [0.4, 0.5) is 0 Å². The Kier molecular flexibility index (Phi) is 2.56. The number of hydrogen-bond donors (Lipinski definition) is 0. The second kappa shape index (κ2) is 3.52. The molecule has 0 saturated carbocycles. The summed E-state index contributed by atoms with van der Waals surface area (Å²) in [5.74, 6) is -3.58. The second-order valence-corrected chi connectivity index (χ2v) is 2.98. The molecule has 1 aliphatic carbocycles. The Bertz CT molecular complexity index is 380. The molecule has 15 heavy (non-hydrogen) atoms. The van der Waals surface area contributed by atoms with Crippen LogP contribution in [0.3, 0.4) is 0 Å². The van der Waals surface area contributed by atoms with Crippen LogP contribution in [0.25, 0.3) is 0 Å². The molecule has 0 radical (unpaired) electrons. The van der Waals surface area contributed by atoms with Crippen LogP contribution in [0.5, 0.6) is 0 Å². The van der Waals surface area contributed by atoms with Gasteiger partial charge in [0.2, 0.25) is 0 Å². The van der Waals surface area contributed by atoms with Gasteiger partial charge in [-0.3, -0.25) is 10.1 Å². The maximum atomic E-state index is 10.6. The molecular formula is C8H5NO6-2. The van der Waals surface area contributed by atoms with E-state index in [-0.39, 0.29) is 0 Å². The third-order valence-electron chi connectivity index (χ3n) is 2.07. The smallest absolute Gasteiger partial charge is 0.283 e. The first-order valence-electron chi connectivity index (χ1n) is 3.86. The molecule has 0 aromatic heterocycles. The lowest BCUT2D eigenvalue weighted by Gasteiger charge is -2.26. The van der Waals surface area contributed by atoms with E-state index < -0.39 is 34.4 Å². The van der Waals surface area contributed by atoms with E-state index in [0.29, 0.717) is 0 Å². The largest absolute Gasteiger partial charge is 0.545 e. The third-order valence-corrected chi connectivity index (χ3v) is 2.07. The average Bonchev–Trinajstić information content (AvgIpc) is 2.17. The quantitative estimate of drug-likeness (QED) is 0.372. The highest BCUT2D eigenvalue weighted by Gasteiger charge is 2.44. The highest BCUT2D eigenvalue weighted by Crippen LogP contribution is 2.25. The van der Waals surface area contributed by atoms with E-state index in [9.17, 15) is 29.9 Å². The molecular weight excluding hydrogens is 206 g/mol. The Morgan fingerprint density at radius 2 is 2.00 bits per heavy atom. The standard InChI is InChI=1S/C8H7NO6/c10-6(11)5-2-1-3-8(4-5,7(12)13)9(14)15/h1-3H,4H2,(H,10,11)(H,12,13)/p-2. The van der Waals surface area contributed by atoms with Gasteiger partial charge in [-0.2, -0.15) is 0 Å². The monoisotopic (exact) mass is 211 g/mol. The molecule has 1 rings (SSSR count). The Labute approximate surface area is 83.5 Å². The van der Waals surface area contributed by atoms with Crippen LogP contribution >= 0.6 is 0 Å². The summed E-state index contributed by atoms with van der Waals surface area (Å²) >= 11 is 0. The second-order valence-electron chi connectivity index (χ2n) is 2.98. The summed E-state index contributed by atoms with van der Waals surface area (Å²) in [6.07, 6.45) is 2.06. The van der Waals surface area contributed by atoms with Gasteiger partial charge < -0.3 is 19.8 Å². The van der Waals surface area contributed by atoms with Gasteiger partial charge in [0.25, 0.3) is 5.54 Å². The summed E-state index contributed by atoms with van der Waals surface area (Å²) in [7, 11) is 0. The van der Waals surface area contributed by atoms with Gasteiger partial charge in [0, 0.05) is 4.92 Å². The zero-order valence-electron chi connectivity index (χ0n) is 7.34. The van der Waals surface area contributed by atoms with Crippen LogP contribution in [-0.4, -0.2) is 22.4 Å². The number of nitro groups is 1. The molecule has 80 valence electrons. The molecule has 0 aromatic rings. The number of rotatable bonds is 3. The number of hydrogen-bond acceptors (Lipinski definition) is 6. The number of carbonyl (C=O) groups excluding carboxylic acids is 2. The normalized spacial score (nSPS) is 24.4. The summed E-state index contributed by atoms with van der Waals surface area (Å²) in [5.41, 5.74) is -2.96. The minimum atomic E-state index is -2.51. The Morgan fingerprint density at radius 3 is 2.40 bits per heavy atom. The first-order chi connectivity index (χ1) is 6.90. The van der Waals surface area contributed by atoms with Crippen molar-refractivity contribution in [1.29, 1.82) is 0 Å². The Hall–Kier alpha value is -2.18. The molecule has 1 unspecified atom stereocenters. The summed E-state index contributed by atoms with van der Waals surface area (Å²) in [6.45, 7) is 0. The molecule has 0 amide bonds. The molecule has 0 bridgehead atoms. The van der Waals surface area contributed by atoms with Crippen molar-refractivity contribution in [2.75, 3.05) is 0 Å². The van der Waals surface area contributed by atoms with Crippen molar-refractivity contribution in [3.05, 3.63) is 33.9 Å². The fourth-order valence-electron chi connectivity index (χ4n) is 1.21. The van der Waals surface area contributed by atoms with Crippen LogP contribution in [0.1, 0.15) is 6.42 Å². The number of aliphatic carboxylic acids is 2. The average molecular weight is 211 g/mol. The fourth-order valence-corrected chi connectivity index (χ4v) is 1.21. The summed E-state index contributed by atoms with van der Waals surface area (Å²) in [5, 5.41) is 31.7. The van der Waals surface area contributed by atoms with E-state index >= 15 is 0 Å². The molecule has 0 spiro atoms. The van der Waals surface area contributed by atoms with Crippen LogP contribution < -0.4 is 10.2 Å². The van der Waals surface area contributed by atoms with Crippen LogP contribution in [-0.2, 0) is 9.59 Å². The zero-order valence-corrected chi connectivity index (χ0v) is 7.34. The number of carbonyl (C=O) groups is 2. The summed E-state index contributed by atoms with van der Waals surface area (Å²) in [4.78, 5) is 30.6. The van der Waals surface area contributed by atoms with E-state index in [1.165, 1.54) is 0 Å². The molecule has 0 fully saturated rings. The van der Waals surface area contributed by atoms with Crippen molar-refractivity contribution in [1.82, 2.24) is 0 Å². The van der Waals surface area contributed by atoms with Gasteiger partial charge in [-0.15, -0.1) is 0 Å². The van der Waals surface area contributed by atoms with Crippen molar-refractivity contribution >= 4 is 11.9 Å². The van der Waals surface area contributed by atoms with E-state index in [0.717, 1.165) is 18.2 Å². The van der Waals surface area contributed by atoms with E-state index in [4.69, 9.17) is 0 Å². The van der Waals surface area contributed by atoms with E-state index in [1.807, 2.05) is 0 Å². The Morgan fingerprint density at radius 1 is 1.40 bits per heavy atom. The number of allylic oxidation sites excluding steroid dienone is 2. The minimum Gasteiger partial charge on any atom is -0.545 e. The van der Waals surface area contributed by atoms with Crippen molar-refractivity contribution in [3.8, 4) is 0 Å². The Balaban J connectivity index is 3.14. The van der Waals surface area contributed by atoms with Crippen molar-refractivity contribution in [3.63, 3.8) is 0 Å². The predicted octanol–water partition coefficient (Wildman–Crippen LogP) is -2.61. The number of nitrogens with zero attached hydrogens (tertiary/aromatic N) is 1. The van der Waals surface area contributed by atoms with Gasteiger partial charge in [0.15, 0.2) is 0 Å². The number of carboxylic acids is 2. The topological polar surface area (TPSA) is 123 Å². The zero-order chi connectivity index (χ0) is 11.6. The van der Waals surface area contributed by atoms with Gasteiger partial charge in [0.1, 0.15) is 5.97 Å². The first-order valence-corrected chi connectivity index (χ1v) is 3.86. The van der Waals surface area contributed by atoms with Crippen molar-refractivity contribution < 1.29 is 24.7 Å². The van der Waals surface area contributed by atoms with Gasteiger partial charge in [0.05, 0.1) is 12.4 Å².